The summed E-state index contributed by atoms with van der Waals surface area (Å²) in [6.07, 6.45) is 0. The molecule has 6 heteroatoms. The third-order valence-electron chi connectivity index (χ3n) is 3.53. The Bertz CT molecular complexity index is 949. The van der Waals surface area contributed by atoms with Gasteiger partial charge in [0, 0.05) is 28.4 Å². The molecule has 0 saturated carbocycles. The summed E-state index contributed by atoms with van der Waals surface area (Å²) in [6, 6.07) is 11.6. The summed E-state index contributed by atoms with van der Waals surface area (Å²) >= 11 is 1.25. The molecule has 0 spiro atoms. The van der Waals surface area contributed by atoms with Crippen LogP contribution in [0.25, 0.3) is 10.1 Å². The number of halogens is 1. The molecule has 0 aliphatic rings. The highest BCUT2D eigenvalue weighted by atomic mass is 32.1. The van der Waals surface area contributed by atoms with Crippen LogP contribution in [0.4, 0.5) is 15.8 Å². The fourth-order valence-electron chi connectivity index (χ4n) is 2.40. The van der Waals surface area contributed by atoms with Crippen molar-refractivity contribution in [2.24, 2.45) is 0 Å². The van der Waals surface area contributed by atoms with Crippen LogP contribution in [0.15, 0.2) is 42.5 Å². The number of carbonyl (C=O) groups excluding carboxylic acids is 2. The maximum atomic E-state index is 13.7. The van der Waals surface area contributed by atoms with Crippen molar-refractivity contribution < 1.29 is 14.0 Å². The molecule has 1 aromatic heterocycles. The molecule has 2 amide bonds. The summed E-state index contributed by atoms with van der Waals surface area (Å²) < 4.78 is 14.5. The fourth-order valence-corrected chi connectivity index (χ4v) is 3.37. The van der Waals surface area contributed by atoms with E-state index in [1.165, 1.54) is 24.3 Å². The second-order valence-electron chi connectivity index (χ2n) is 5.43. The Morgan fingerprint density at radius 2 is 1.88 bits per heavy atom. The van der Waals surface area contributed by atoms with Gasteiger partial charge in [-0.3, -0.25) is 9.59 Å². The van der Waals surface area contributed by atoms with Crippen molar-refractivity contribution in [2.45, 2.75) is 13.8 Å². The van der Waals surface area contributed by atoms with E-state index in [1.807, 2.05) is 6.92 Å². The standard InChI is InChI=1S/C18H15FN2O2S/c1-10-8-12(6-7-15(10)20-11(2)22)21-18(23)17-9-13-14(19)4-3-5-16(13)24-17/h3-9H,1-2H3,(H,20,22)(H,21,23). The van der Waals surface area contributed by atoms with E-state index in [9.17, 15) is 14.0 Å². The van der Waals surface area contributed by atoms with Crippen molar-refractivity contribution in [3.63, 3.8) is 0 Å². The Hall–Kier alpha value is -2.73. The molecule has 0 aliphatic carbocycles. The average molecular weight is 342 g/mol. The van der Waals surface area contributed by atoms with Crippen LogP contribution < -0.4 is 10.6 Å². The number of anilines is 2. The average Bonchev–Trinajstić information content (AvgIpc) is 2.95. The molecule has 0 radical (unpaired) electrons. The van der Waals surface area contributed by atoms with Crippen molar-refractivity contribution in [3.8, 4) is 0 Å². The molecule has 4 nitrogen and oxygen atoms in total. The lowest BCUT2D eigenvalue weighted by Crippen LogP contribution is -2.11. The highest BCUT2D eigenvalue weighted by Crippen LogP contribution is 2.28. The molecule has 0 atom stereocenters. The quantitative estimate of drug-likeness (QED) is 0.733. The highest BCUT2D eigenvalue weighted by Gasteiger charge is 2.13. The second-order valence-corrected chi connectivity index (χ2v) is 6.51. The molecule has 0 fully saturated rings. The molecule has 0 saturated heterocycles. The van der Waals surface area contributed by atoms with Crippen molar-refractivity contribution in [1.29, 1.82) is 0 Å². The van der Waals surface area contributed by atoms with E-state index in [2.05, 4.69) is 10.6 Å². The molecule has 0 bridgehead atoms. The number of aryl methyl sites for hydroxylation is 1. The van der Waals surface area contributed by atoms with E-state index >= 15 is 0 Å². The SMILES string of the molecule is CC(=O)Nc1ccc(NC(=O)c2cc3c(F)cccc3s2)cc1C. The molecule has 3 aromatic rings. The van der Waals surface area contributed by atoms with E-state index in [-0.39, 0.29) is 17.6 Å². The van der Waals surface area contributed by atoms with E-state index in [0.717, 1.165) is 10.3 Å². The smallest absolute Gasteiger partial charge is 0.265 e. The van der Waals surface area contributed by atoms with Gasteiger partial charge in [-0.15, -0.1) is 11.3 Å². The van der Waals surface area contributed by atoms with Gasteiger partial charge in [-0.2, -0.15) is 0 Å². The Morgan fingerprint density at radius 1 is 1.08 bits per heavy atom. The maximum Gasteiger partial charge on any atom is 0.265 e. The minimum absolute atomic E-state index is 0.151. The zero-order chi connectivity index (χ0) is 17.3. The normalized spacial score (nSPS) is 10.6. The van der Waals surface area contributed by atoms with Crippen LogP contribution in [0.3, 0.4) is 0 Å². The largest absolute Gasteiger partial charge is 0.326 e. The first kappa shape index (κ1) is 16.1. The molecule has 122 valence electrons. The van der Waals surface area contributed by atoms with Gasteiger partial charge in [-0.25, -0.2) is 4.39 Å². The molecule has 0 unspecified atom stereocenters. The zero-order valence-corrected chi connectivity index (χ0v) is 14.0. The van der Waals surface area contributed by atoms with Crippen LogP contribution in [0.2, 0.25) is 0 Å². The summed E-state index contributed by atoms with van der Waals surface area (Å²) in [7, 11) is 0. The van der Waals surface area contributed by atoms with E-state index in [0.29, 0.717) is 21.6 Å². The summed E-state index contributed by atoms with van der Waals surface area (Å²) in [5, 5.41) is 5.96. The van der Waals surface area contributed by atoms with Gasteiger partial charge in [0.2, 0.25) is 5.91 Å². The van der Waals surface area contributed by atoms with E-state index < -0.39 is 0 Å². The summed E-state index contributed by atoms with van der Waals surface area (Å²) in [5.74, 6) is -0.775. The number of nitrogens with one attached hydrogen (secondary N) is 2. The Kier molecular flexibility index (Phi) is 4.31. The number of amides is 2. The van der Waals surface area contributed by atoms with Crippen LogP contribution in [-0.2, 0) is 4.79 Å². The van der Waals surface area contributed by atoms with Crippen LogP contribution in [0.1, 0.15) is 22.2 Å². The lowest BCUT2D eigenvalue weighted by Gasteiger charge is -2.09. The number of rotatable bonds is 3. The Labute approximate surface area is 142 Å². The Morgan fingerprint density at radius 3 is 2.54 bits per heavy atom. The van der Waals surface area contributed by atoms with Gasteiger partial charge in [0.25, 0.3) is 5.91 Å². The highest BCUT2D eigenvalue weighted by molar-refractivity contribution is 7.20. The number of fused-ring (bicyclic) bond motifs is 1. The van der Waals surface area contributed by atoms with Gasteiger partial charge in [0.05, 0.1) is 4.88 Å². The molecular weight excluding hydrogens is 327 g/mol. The predicted molar refractivity (Wildman–Crippen MR) is 95.2 cm³/mol. The van der Waals surface area contributed by atoms with Crippen molar-refractivity contribution >= 4 is 44.6 Å². The molecule has 2 N–H and O–H groups in total. The lowest BCUT2D eigenvalue weighted by molar-refractivity contribution is -0.114. The minimum Gasteiger partial charge on any atom is -0.326 e. The number of hydrogen-bond acceptors (Lipinski definition) is 3. The summed E-state index contributed by atoms with van der Waals surface area (Å²) in [4.78, 5) is 23.9. The van der Waals surface area contributed by atoms with Crippen LogP contribution in [0, 0.1) is 12.7 Å². The maximum absolute atomic E-state index is 13.7. The number of thiophene rings is 1. The van der Waals surface area contributed by atoms with Gasteiger partial charge in [-0.1, -0.05) is 6.07 Å². The number of benzene rings is 2. The summed E-state index contributed by atoms with van der Waals surface area (Å²) in [6.45, 7) is 3.28. The first-order valence-corrected chi connectivity index (χ1v) is 8.13. The molecule has 24 heavy (non-hydrogen) atoms. The van der Waals surface area contributed by atoms with Crippen LogP contribution in [-0.4, -0.2) is 11.8 Å². The molecule has 1 heterocycles. The first-order valence-electron chi connectivity index (χ1n) is 7.31. The third kappa shape index (κ3) is 3.28. The summed E-state index contributed by atoms with van der Waals surface area (Å²) in [5.41, 5.74) is 2.15. The van der Waals surface area contributed by atoms with Gasteiger partial charge in [-0.05, 0) is 48.9 Å². The topological polar surface area (TPSA) is 58.2 Å². The fraction of sp³-hybridized carbons (Fsp3) is 0.111. The van der Waals surface area contributed by atoms with E-state index in [4.69, 9.17) is 0 Å². The third-order valence-corrected chi connectivity index (χ3v) is 4.63. The number of carbonyl (C=O) groups is 2. The molecule has 3 rings (SSSR count). The monoisotopic (exact) mass is 342 g/mol. The van der Waals surface area contributed by atoms with Gasteiger partial charge >= 0.3 is 0 Å². The van der Waals surface area contributed by atoms with E-state index in [1.54, 1.807) is 36.4 Å². The molecular formula is C18H15FN2O2S. The zero-order valence-electron chi connectivity index (χ0n) is 13.1. The predicted octanol–water partition coefficient (Wildman–Crippen LogP) is 4.56. The first-order chi connectivity index (χ1) is 11.4. The molecule has 2 aromatic carbocycles. The van der Waals surface area contributed by atoms with Crippen molar-refractivity contribution in [2.75, 3.05) is 10.6 Å². The molecule has 0 aliphatic heterocycles. The second kappa shape index (κ2) is 6.41. The van der Waals surface area contributed by atoms with Crippen LogP contribution in [0.5, 0.6) is 0 Å². The van der Waals surface area contributed by atoms with Crippen molar-refractivity contribution in [1.82, 2.24) is 0 Å². The van der Waals surface area contributed by atoms with Crippen molar-refractivity contribution in [3.05, 3.63) is 58.7 Å². The Balaban J connectivity index is 1.82. The number of hydrogen-bond donors (Lipinski definition) is 2. The van der Waals surface area contributed by atoms with Gasteiger partial charge in [0.1, 0.15) is 5.82 Å². The van der Waals surface area contributed by atoms with Crippen LogP contribution >= 0.6 is 11.3 Å². The lowest BCUT2D eigenvalue weighted by atomic mass is 10.1. The minimum atomic E-state index is -0.335. The van der Waals surface area contributed by atoms with Gasteiger partial charge in [0.15, 0.2) is 0 Å². The van der Waals surface area contributed by atoms with Gasteiger partial charge < -0.3 is 10.6 Å².